The van der Waals surface area contributed by atoms with Gasteiger partial charge in [0.1, 0.15) is 0 Å². The summed E-state index contributed by atoms with van der Waals surface area (Å²) >= 11 is 0. The van der Waals surface area contributed by atoms with Crippen molar-refractivity contribution in [2.24, 2.45) is 0 Å². The minimum absolute atomic E-state index is 0.00618. The van der Waals surface area contributed by atoms with Crippen molar-refractivity contribution in [2.45, 2.75) is 31.9 Å². The fraction of sp³-hybridized carbons (Fsp3) is 0.368. The maximum atomic E-state index is 12.3. The molecule has 1 amide bonds. The van der Waals surface area contributed by atoms with E-state index in [0.29, 0.717) is 17.5 Å². The Hall–Kier alpha value is -2.25. The monoisotopic (exact) mass is 374 g/mol. The van der Waals surface area contributed by atoms with Gasteiger partial charge in [-0.25, -0.2) is 8.42 Å². The van der Waals surface area contributed by atoms with Crippen LogP contribution in [0.15, 0.2) is 42.7 Å². The third-order valence-corrected chi connectivity index (χ3v) is 6.26. The molecule has 1 aromatic carbocycles. The van der Waals surface area contributed by atoms with Crippen LogP contribution in [0.3, 0.4) is 0 Å². The molecule has 1 aliphatic heterocycles. The van der Waals surface area contributed by atoms with Gasteiger partial charge in [0.2, 0.25) is 0 Å². The first-order valence-corrected chi connectivity index (χ1v) is 10.3. The Kier molecular flexibility index (Phi) is 4.86. The van der Waals surface area contributed by atoms with Gasteiger partial charge in [-0.1, -0.05) is 12.1 Å². The second kappa shape index (κ2) is 6.81. The third-order valence-electron chi connectivity index (χ3n) is 4.49. The smallest absolute Gasteiger partial charge is 0.251 e. The fourth-order valence-corrected chi connectivity index (χ4v) is 4.60. The first kappa shape index (κ1) is 18.5. The number of pyridine rings is 1. The molecule has 6 nitrogen and oxygen atoms in total. The predicted octanol–water partition coefficient (Wildman–Crippen LogP) is 1.89. The maximum absolute atomic E-state index is 12.3. The molecule has 1 fully saturated rings. The Bertz CT molecular complexity index is 915. The van der Waals surface area contributed by atoms with Crippen LogP contribution in [0.2, 0.25) is 0 Å². The normalized spacial score (nSPS) is 19.3. The number of hydrogen-bond donors (Lipinski definition) is 2. The maximum Gasteiger partial charge on any atom is 0.251 e. The summed E-state index contributed by atoms with van der Waals surface area (Å²) in [6, 6.07) is 8.57. The van der Waals surface area contributed by atoms with Gasteiger partial charge in [0.15, 0.2) is 9.84 Å². The fourth-order valence-electron chi connectivity index (χ4n) is 2.92. The Morgan fingerprint density at radius 2 is 1.88 bits per heavy atom. The highest BCUT2D eigenvalue weighted by molar-refractivity contribution is 7.91. The molecule has 0 bridgehead atoms. The van der Waals surface area contributed by atoms with Crippen molar-refractivity contribution in [3.8, 4) is 11.1 Å². The van der Waals surface area contributed by atoms with Crippen LogP contribution >= 0.6 is 0 Å². The zero-order valence-electron chi connectivity index (χ0n) is 14.8. The van der Waals surface area contributed by atoms with Gasteiger partial charge in [0, 0.05) is 35.1 Å². The van der Waals surface area contributed by atoms with Crippen molar-refractivity contribution >= 4 is 15.7 Å². The molecule has 1 aromatic heterocycles. The quantitative estimate of drug-likeness (QED) is 0.852. The number of benzene rings is 1. The van der Waals surface area contributed by atoms with Crippen LogP contribution in [0, 0.1) is 0 Å². The van der Waals surface area contributed by atoms with Gasteiger partial charge in [0.05, 0.1) is 17.1 Å². The van der Waals surface area contributed by atoms with E-state index in [1.807, 2.05) is 18.2 Å². The summed E-state index contributed by atoms with van der Waals surface area (Å²) < 4.78 is 23.0. The van der Waals surface area contributed by atoms with E-state index in [4.69, 9.17) is 0 Å². The molecule has 0 unspecified atom stereocenters. The molecule has 0 aliphatic carbocycles. The molecule has 3 rings (SSSR count). The lowest BCUT2D eigenvalue weighted by Gasteiger charge is -2.18. The zero-order valence-corrected chi connectivity index (χ0v) is 15.6. The number of amides is 1. The Morgan fingerprint density at radius 1 is 1.19 bits per heavy atom. The van der Waals surface area contributed by atoms with Gasteiger partial charge in [-0.05, 0) is 44.0 Å². The van der Waals surface area contributed by atoms with E-state index < -0.39 is 15.4 Å². The van der Waals surface area contributed by atoms with E-state index in [0.717, 1.165) is 11.1 Å². The van der Waals surface area contributed by atoms with Crippen LogP contribution in [-0.2, 0) is 15.4 Å². The summed E-state index contributed by atoms with van der Waals surface area (Å²) in [5.74, 6) is -0.143. The van der Waals surface area contributed by atoms with Crippen molar-refractivity contribution in [3.63, 3.8) is 0 Å². The summed E-state index contributed by atoms with van der Waals surface area (Å²) in [5.41, 5.74) is 1.93. The van der Waals surface area contributed by atoms with Crippen LogP contribution in [0.4, 0.5) is 0 Å². The van der Waals surface area contributed by atoms with Crippen LogP contribution in [0.25, 0.3) is 11.1 Å². The van der Waals surface area contributed by atoms with E-state index in [9.17, 15) is 18.3 Å². The number of aromatic nitrogens is 1. The minimum Gasteiger partial charge on any atom is -0.386 e. The Morgan fingerprint density at radius 3 is 2.46 bits per heavy atom. The number of aliphatic hydroxyl groups is 1. The van der Waals surface area contributed by atoms with Crippen molar-refractivity contribution in [1.29, 1.82) is 0 Å². The molecule has 138 valence electrons. The minimum atomic E-state index is -3.02. The van der Waals surface area contributed by atoms with Crippen molar-refractivity contribution in [3.05, 3.63) is 53.9 Å². The van der Waals surface area contributed by atoms with E-state index in [2.05, 4.69) is 10.3 Å². The molecule has 26 heavy (non-hydrogen) atoms. The van der Waals surface area contributed by atoms with Crippen LogP contribution < -0.4 is 5.32 Å². The van der Waals surface area contributed by atoms with Crippen LogP contribution in [0.5, 0.6) is 0 Å². The summed E-state index contributed by atoms with van der Waals surface area (Å²) in [6.07, 6.45) is 3.79. The first-order chi connectivity index (χ1) is 12.1. The Balaban J connectivity index is 1.73. The number of sulfone groups is 1. The highest BCUT2D eigenvalue weighted by Gasteiger charge is 2.29. The topological polar surface area (TPSA) is 96.4 Å². The van der Waals surface area contributed by atoms with E-state index >= 15 is 0 Å². The van der Waals surface area contributed by atoms with Gasteiger partial charge in [-0.2, -0.15) is 0 Å². The van der Waals surface area contributed by atoms with Crippen LogP contribution in [0.1, 0.15) is 36.2 Å². The average molecular weight is 374 g/mol. The van der Waals surface area contributed by atoms with E-state index in [1.165, 1.54) is 0 Å². The first-order valence-electron chi connectivity index (χ1n) is 8.44. The van der Waals surface area contributed by atoms with Gasteiger partial charge in [-0.3, -0.25) is 9.78 Å². The molecule has 1 atom stereocenters. The molecule has 1 saturated heterocycles. The van der Waals surface area contributed by atoms with Crippen LogP contribution in [-0.4, -0.2) is 42.0 Å². The molecule has 2 aromatic rings. The number of nitrogens with zero attached hydrogens (tertiary/aromatic N) is 1. The van der Waals surface area contributed by atoms with Gasteiger partial charge < -0.3 is 10.4 Å². The lowest BCUT2D eigenvalue weighted by molar-refractivity contribution is 0.0782. The number of hydrogen-bond acceptors (Lipinski definition) is 5. The zero-order chi connectivity index (χ0) is 18.9. The van der Waals surface area contributed by atoms with E-state index in [-0.39, 0.29) is 23.5 Å². The van der Waals surface area contributed by atoms with Gasteiger partial charge in [-0.15, -0.1) is 0 Å². The standard InChI is InChI=1S/C19H22N2O4S/c1-19(2,23)16-9-15(10-20-11-16)13-3-5-14(6-4-13)18(22)21-17-7-8-26(24,25)12-17/h3-6,9-11,17,23H,7-8,12H2,1-2H3,(H,21,22)/t17-/m0/s1. The van der Waals surface area contributed by atoms with E-state index in [1.54, 1.807) is 38.4 Å². The molecule has 7 heteroatoms. The predicted molar refractivity (Wildman–Crippen MR) is 99.4 cm³/mol. The largest absolute Gasteiger partial charge is 0.386 e. The number of nitrogens with one attached hydrogen (secondary N) is 1. The second-order valence-electron chi connectivity index (χ2n) is 7.17. The molecular weight excluding hydrogens is 352 g/mol. The molecular formula is C19H22N2O4S. The second-order valence-corrected chi connectivity index (χ2v) is 9.40. The SMILES string of the molecule is CC(C)(O)c1cncc(-c2ccc(C(=O)N[C@H]3CCS(=O)(=O)C3)cc2)c1. The molecule has 0 radical (unpaired) electrons. The molecule has 0 saturated carbocycles. The third kappa shape index (κ3) is 4.28. The Labute approximate surface area is 153 Å². The molecule has 1 aliphatic rings. The number of rotatable bonds is 4. The highest BCUT2D eigenvalue weighted by Crippen LogP contribution is 2.25. The number of carbonyl (C=O) groups is 1. The van der Waals surface area contributed by atoms with Crippen molar-refractivity contribution < 1.29 is 18.3 Å². The molecule has 2 heterocycles. The lowest BCUT2D eigenvalue weighted by Crippen LogP contribution is -2.35. The summed E-state index contributed by atoms with van der Waals surface area (Å²) in [4.78, 5) is 16.5. The summed E-state index contributed by atoms with van der Waals surface area (Å²) in [5, 5.41) is 12.9. The van der Waals surface area contributed by atoms with Gasteiger partial charge >= 0.3 is 0 Å². The lowest BCUT2D eigenvalue weighted by atomic mass is 9.96. The highest BCUT2D eigenvalue weighted by atomic mass is 32.2. The summed E-state index contributed by atoms with van der Waals surface area (Å²) in [7, 11) is -3.02. The number of carbonyl (C=O) groups excluding carboxylic acids is 1. The average Bonchev–Trinajstić information content (AvgIpc) is 2.93. The van der Waals surface area contributed by atoms with Gasteiger partial charge in [0.25, 0.3) is 5.91 Å². The molecule has 2 N–H and O–H groups in total. The van der Waals surface area contributed by atoms with Crippen molar-refractivity contribution in [1.82, 2.24) is 10.3 Å². The molecule has 0 spiro atoms. The van der Waals surface area contributed by atoms with Crippen molar-refractivity contribution in [2.75, 3.05) is 11.5 Å². The summed E-state index contributed by atoms with van der Waals surface area (Å²) in [6.45, 7) is 3.40.